The molecular formula is C20H35NO4. The molecule has 0 aromatic heterocycles. The molecule has 0 saturated carbocycles. The van der Waals surface area contributed by atoms with Crippen molar-refractivity contribution in [2.75, 3.05) is 19.8 Å². The van der Waals surface area contributed by atoms with Crippen LogP contribution in [-0.4, -0.2) is 25.0 Å². The molecule has 0 aliphatic rings. The van der Waals surface area contributed by atoms with E-state index in [-0.39, 0.29) is 0 Å². The van der Waals surface area contributed by atoms with Crippen molar-refractivity contribution in [2.45, 2.75) is 71.6 Å². The van der Waals surface area contributed by atoms with Gasteiger partial charge >= 0.3 is 0 Å². The molecule has 5 heteroatoms. The third-order valence-electron chi connectivity index (χ3n) is 3.84. The molecule has 1 rings (SSSR count). The lowest BCUT2D eigenvalue weighted by atomic mass is 10.1. The minimum absolute atomic E-state index is 0.832. The summed E-state index contributed by atoms with van der Waals surface area (Å²) in [4.78, 5) is 8.11. The number of hydrogen-bond donors (Lipinski definition) is 1. The molecule has 1 aromatic carbocycles. The topological polar surface area (TPSA) is 68.1 Å². The van der Waals surface area contributed by atoms with Gasteiger partial charge in [-0.15, -0.1) is 4.91 Å². The lowest BCUT2D eigenvalue weighted by molar-refractivity contribution is 0.128. The first kappa shape index (κ1) is 23.4. The number of hydrogen-bond acceptors (Lipinski definition) is 4. The number of unbranched alkanes of at least 4 members (excludes halogenated alkanes) is 5. The normalized spacial score (nSPS) is 10.0. The highest BCUT2D eigenvalue weighted by molar-refractivity contribution is 5.27. The molecular weight excluding hydrogens is 318 g/mol. The van der Waals surface area contributed by atoms with Gasteiger partial charge in [-0.3, -0.25) is 0 Å². The van der Waals surface area contributed by atoms with Gasteiger partial charge in [-0.25, -0.2) is 0 Å². The van der Waals surface area contributed by atoms with E-state index in [4.69, 9.17) is 19.6 Å². The Bertz CT molecular complexity index is 395. The monoisotopic (exact) mass is 353 g/mol. The minimum atomic E-state index is 0.832. The summed E-state index contributed by atoms with van der Waals surface area (Å²) in [5.74, 6) is 0.993. The number of benzene rings is 1. The zero-order valence-corrected chi connectivity index (χ0v) is 15.9. The van der Waals surface area contributed by atoms with Crippen molar-refractivity contribution in [1.82, 2.24) is 0 Å². The molecule has 0 bridgehead atoms. The van der Waals surface area contributed by atoms with Crippen LogP contribution < -0.4 is 4.74 Å². The zero-order chi connectivity index (χ0) is 18.6. The summed E-state index contributed by atoms with van der Waals surface area (Å²) >= 11 is 0. The molecule has 0 fully saturated rings. The van der Waals surface area contributed by atoms with Gasteiger partial charge < -0.3 is 14.7 Å². The molecule has 0 amide bonds. The summed E-state index contributed by atoms with van der Waals surface area (Å²) in [6.45, 7) is 7.08. The number of ether oxygens (including phenoxy) is 2. The quantitative estimate of drug-likeness (QED) is 0.256. The molecule has 1 N–H and O–H groups in total. The molecule has 0 atom stereocenters. The summed E-state index contributed by atoms with van der Waals surface area (Å²) in [5, 5.41) is 7.89. The summed E-state index contributed by atoms with van der Waals surface area (Å²) in [5.41, 5.74) is 1.37. The van der Waals surface area contributed by atoms with E-state index in [0.29, 0.717) is 0 Å². The third kappa shape index (κ3) is 15.6. The predicted molar refractivity (Wildman–Crippen MR) is 102 cm³/mol. The van der Waals surface area contributed by atoms with Gasteiger partial charge in [0.05, 0.1) is 6.61 Å². The molecule has 0 aliphatic carbocycles. The standard InChI is InChI=1S/C20H34O2.HNO2/c1-3-5-7-9-16-21-17-10-11-19-12-14-20(15-13-19)22-18-8-6-4-2;2-1-3/h12-15H,3-11,16-18H2,1-2H3;(H,2,3). The average Bonchev–Trinajstić information content (AvgIpc) is 2.63. The Morgan fingerprint density at radius 3 is 2.04 bits per heavy atom. The second-order valence-electron chi connectivity index (χ2n) is 6.06. The second-order valence-corrected chi connectivity index (χ2v) is 6.06. The van der Waals surface area contributed by atoms with Gasteiger partial charge in [-0.1, -0.05) is 58.1 Å². The first-order valence-corrected chi connectivity index (χ1v) is 9.54. The Labute approximate surface area is 152 Å². The van der Waals surface area contributed by atoms with Crippen molar-refractivity contribution in [3.05, 3.63) is 34.7 Å². The minimum Gasteiger partial charge on any atom is -0.494 e. The largest absolute Gasteiger partial charge is 0.494 e. The molecule has 25 heavy (non-hydrogen) atoms. The molecule has 0 radical (unpaired) electrons. The maximum Gasteiger partial charge on any atom is 0.152 e. The fourth-order valence-corrected chi connectivity index (χ4v) is 2.41. The lowest BCUT2D eigenvalue weighted by Crippen LogP contribution is -1.99. The van der Waals surface area contributed by atoms with Crippen LogP contribution in [-0.2, 0) is 11.2 Å². The summed E-state index contributed by atoms with van der Waals surface area (Å²) in [7, 11) is 0. The van der Waals surface area contributed by atoms with Crippen molar-refractivity contribution >= 4 is 0 Å². The highest BCUT2D eigenvalue weighted by Gasteiger charge is 1.97. The van der Waals surface area contributed by atoms with E-state index in [2.05, 4.69) is 38.1 Å². The molecule has 0 saturated heterocycles. The molecule has 0 unspecified atom stereocenters. The fraction of sp³-hybridized carbons (Fsp3) is 0.700. The van der Waals surface area contributed by atoms with Gasteiger partial charge in [0, 0.05) is 13.2 Å². The number of aryl methyl sites for hydroxylation is 1. The highest BCUT2D eigenvalue weighted by Crippen LogP contribution is 2.14. The molecule has 5 nitrogen and oxygen atoms in total. The molecule has 0 spiro atoms. The summed E-state index contributed by atoms with van der Waals surface area (Å²) in [6, 6.07) is 8.53. The van der Waals surface area contributed by atoms with Crippen molar-refractivity contribution < 1.29 is 14.7 Å². The van der Waals surface area contributed by atoms with Gasteiger partial charge in [0.2, 0.25) is 0 Å². The van der Waals surface area contributed by atoms with E-state index in [1.807, 2.05) is 0 Å². The van der Waals surface area contributed by atoms with Crippen LogP contribution in [0.2, 0.25) is 0 Å². The Kier molecular flexibility index (Phi) is 17.5. The van der Waals surface area contributed by atoms with Crippen LogP contribution >= 0.6 is 0 Å². The molecule has 144 valence electrons. The maximum atomic E-state index is 8.11. The van der Waals surface area contributed by atoms with Crippen molar-refractivity contribution in [2.24, 2.45) is 5.34 Å². The average molecular weight is 354 g/mol. The van der Waals surface area contributed by atoms with Crippen LogP contribution in [0.3, 0.4) is 0 Å². The van der Waals surface area contributed by atoms with Crippen LogP contribution in [0.25, 0.3) is 0 Å². The van der Waals surface area contributed by atoms with Crippen LogP contribution in [0.4, 0.5) is 0 Å². The van der Waals surface area contributed by atoms with E-state index in [9.17, 15) is 0 Å². The first-order valence-electron chi connectivity index (χ1n) is 9.54. The fourth-order valence-electron chi connectivity index (χ4n) is 2.41. The van der Waals surface area contributed by atoms with Crippen LogP contribution in [0.1, 0.15) is 70.8 Å². The predicted octanol–water partition coefficient (Wildman–Crippen LogP) is 5.93. The molecule has 0 heterocycles. The Hall–Kier alpha value is -1.62. The van der Waals surface area contributed by atoms with Gasteiger partial charge in [0.25, 0.3) is 0 Å². The Balaban J connectivity index is 0.00000178. The van der Waals surface area contributed by atoms with Gasteiger partial charge in [0.1, 0.15) is 5.75 Å². The summed E-state index contributed by atoms with van der Waals surface area (Å²) < 4.78 is 11.4. The van der Waals surface area contributed by atoms with E-state index in [1.54, 1.807) is 0 Å². The van der Waals surface area contributed by atoms with Crippen LogP contribution in [0.5, 0.6) is 5.75 Å². The van der Waals surface area contributed by atoms with E-state index < -0.39 is 0 Å². The van der Waals surface area contributed by atoms with Gasteiger partial charge in [-0.2, -0.15) is 0 Å². The van der Waals surface area contributed by atoms with Crippen LogP contribution in [0.15, 0.2) is 29.6 Å². The van der Waals surface area contributed by atoms with Crippen molar-refractivity contribution in [1.29, 1.82) is 0 Å². The van der Waals surface area contributed by atoms with Gasteiger partial charge in [-0.05, 0) is 43.4 Å². The second kappa shape index (κ2) is 18.7. The Morgan fingerprint density at radius 2 is 1.40 bits per heavy atom. The summed E-state index contributed by atoms with van der Waals surface area (Å²) in [6.07, 6.45) is 10.9. The van der Waals surface area contributed by atoms with Crippen LogP contribution in [0, 0.1) is 4.91 Å². The molecule has 1 aromatic rings. The van der Waals surface area contributed by atoms with Crippen molar-refractivity contribution in [3.8, 4) is 5.75 Å². The van der Waals surface area contributed by atoms with E-state index in [1.165, 1.54) is 49.4 Å². The smallest absolute Gasteiger partial charge is 0.152 e. The zero-order valence-electron chi connectivity index (χ0n) is 15.9. The first-order chi connectivity index (χ1) is 12.3. The maximum absolute atomic E-state index is 8.11. The van der Waals surface area contributed by atoms with E-state index in [0.717, 1.165) is 44.8 Å². The lowest BCUT2D eigenvalue weighted by Gasteiger charge is -2.07. The molecule has 0 aliphatic heterocycles. The van der Waals surface area contributed by atoms with Gasteiger partial charge in [0.15, 0.2) is 5.34 Å². The number of rotatable bonds is 14. The Morgan fingerprint density at radius 1 is 0.840 bits per heavy atom. The highest BCUT2D eigenvalue weighted by atomic mass is 16.6. The number of nitrogens with zero attached hydrogens (tertiary/aromatic N) is 1. The third-order valence-corrected chi connectivity index (χ3v) is 3.84. The van der Waals surface area contributed by atoms with E-state index >= 15 is 0 Å². The van der Waals surface area contributed by atoms with Crippen molar-refractivity contribution in [3.63, 3.8) is 0 Å². The SMILES string of the molecule is CCCCCCOCCCc1ccc(OCCCCC)cc1.O=NO.